The summed E-state index contributed by atoms with van der Waals surface area (Å²) in [6, 6.07) is -0.717. The Morgan fingerprint density at radius 2 is 2.13 bits per heavy atom. The van der Waals surface area contributed by atoms with E-state index < -0.39 is 12.0 Å². The highest BCUT2D eigenvalue weighted by molar-refractivity contribution is 5.81. The molecule has 4 heteroatoms. The first-order valence-corrected chi connectivity index (χ1v) is 5.56. The standard InChI is InChI=1S/C11H22N2O2/c1-3-6-9(2)13-8-5-4-7-10(12)11(14)15/h10H,3-8,12H2,1-2H3,(H,14,15)/t10-/m0/s1. The van der Waals surface area contributed by atoms with Crippen LogP contribution in [0.2, 0.25) is 0 Å². The van der Waals surface area contributed by atoms with E-state index in [0.717, 1.165) is 32.2 Å². The molecule has 0 aliphatic carbocycles. The molecule has 0 aliphatic rings. The summed E-state index contributed by atoms with van der Waals surface area (Å²) in [6.07, 6.45) is 4.46. The fraction of sp³-hybridized carbons (Fsp3) is 0.818. The van der Waals surface area contributed by atoms with E-state index in [9.17, 15) is 4.79 Å². The number of nitrogens with zero attached hydrogens (tertiary/aromatic N) is 1. The van der Waals surface area contributed by atoms with Gasteiger partial charge in [0.2, 0.25) is 0 Å². The average Bonchev–Trinajstić information content (AvgIpc) is 2.17. The summed E-state index contributed by atoms with van der Waals surface area (Å²) in [6.45, 7) is 4.95. The number of carboxylic acid groups (broad SMARTS) is 1. The van der Waals surface area contributed by atoms with Gasteiger partial charge in [0.15, 0.2) is 0 Å². The lowest BCUT2D eigenvalue weighted by Gasteiger charge is -2.04. The van der Waals surface area contributed by atoms with Gasteiger partial charge in [-0.1, -0.05) is 13.3 Å². The van der Waals surface area contributed by atoms with Gasteiger partial charge in [0.05, 0.1) is 0 Å². The van der Waals surface area contributed by atoms with Crippen LogP contribution in [0.25, 0.3) is 0 Å². The SMILES string of the molecule is CCCC(C)=NCCCC[C@H](N)C(=O)O. The highest BCUT2D eigenvalue weighted by Crippen LogP contribution is 2.00. The summed E-state index contributed by atoms with van der Waals surface area (Å²) in [5, 5.41) is 8.54. The molecule has 0 aromatic carbocycles. The Morgan fingerprint density at radius 3 is 2.67 bits per heavy atom. The van der Waals surface area contributed by atoms with Crippen LogP contribution in [-0.4, -0.2) is 29.4 Å². The van der Waals surface area contributed by atoms with Crippen molar-refractivity contribution in [2.24, 2.45) is 10.7 Å². The Labute approximate surface area is 91.6 Å². The fourth-order valence-electron chi connectivity index (χ4n) is 1.31. The van der Waals surface area contributed by atoms with Crippen molar-refractivity contribution in [3.63, 3.8) is 0 Å². The molecule has 0 aromatic rings. The highest BCUT2D eigenvalue weighted by Gasteiger charge is 2.09. The number of carboxylic acids is 1. The minimum absolute atomic E-state index is 0.539. The molecule has 0 aromatic heterocycles. The summed E-state index contributed by atoms with van der Waals surface area (Å²) in [5.74, 6) is -0.916. The molecule has 0 unspecified atom stereocenters. The molecule has 0 radical (unpaired) electrons. The first-order chi connectivity index (χ1) is 7.07. The monoisotopic (exact) mass is 214 g/mol. The van der Waals surface area contributed by atoms with Crippen LogP contribution in [0.15, 0.2) is 4.99 Å². The first-order valence-electron chi connectivity index (χ1n) is 5.56. The second-order valence-corrected chi connectivity index (χ2v) is 3.81. The lowest BCUT2D eigenvalue weighted by Crippen LogP contribution is -2.29. The number of nitrogens with two attached hydrogens (primary N) is 1. The molecule has 0 fully saturated rings. The van der Waals surface area contributed by atoms with Crippen molar-refractivity contribution in [3.8, 4) is 0 Å². The maximum atomic E-state index is 10.4. The van der Waals surface area contributed by atoms with Crippen LogP contribution in [0.4, 0.5) is 0 Å². The van der Waals surface area contributed by atoms with E-state index in [2.05, 4.69) is 11.9 Å². The molecule has 4 nitrogen and oxygen atoms in total. The van der Waals surface area contributed by atoms with Gasteiger partial charge >= 0.3 is 5.97 Å². The molecule has 0 bridgehead atoms. The summed E-state index contributed by atoms with van der Waals surface area (Å²) in [5.41, 5.74) is 6.55. The van der Waals surface area contributed by atoms with E-state index in [1.807, 2.05) is 6.92 Å². The molecule has 0 amide bonds. The topological polar surface area (TPSA) is 75.7 Å². The van der Waals surface area contributed by atoms with Crippen LogP contribution in [0.3, 0.4) is 0 Å². The molecule has 1 atom stereocenters. The van der Waals surface area contributed by atoms with Crippen molar-refractivity contribution in [2.45, 2.75) is 52.0 Å². The second-order valence-electron chi connectivity index (χ2n) is 3.81. The van der Waals surface area contributed by atoms with Gasteiger partial charge in [0, 0.05) is 12.3 Å². The molecule has 0 saturated heterocycles. The van der Waals surface area contributed by atoms with Gasteiger partial charge in [-0.25, -0.2) is 0 Å². The van der Waals surface area contributed by atoms with Crippen LogP contribution in [0.5, 0.6) is 0 Å². The normalized spacial score (nSPS) is 13.9. The lowest BCUT2D eigenvalue weighted by atomic mass is 10.1. The van der Waals surface area contributed by atoms with Gasteiger partial charge < -0.3 is 10.8 Å². The van der Waals surface area contributed by atoms with Gasteiger partial charge in [-0.05, 0) is 32.6 Å². The zero-order chi connectivity index (χ0) is 11.7. The molecule has 15 heavy (non-hydrogen) atoms. The van der Waals surface area contributed by atoms with Crippen LogP contribution in [0, 0.1) is 0 Å². The van der Waals surface area contributed by atoms with Crippen molar-refractivity contribution in [3.05, 3.63) is 0 Å². The van der Waals surface area contributed by atoms with Crippen LogP contribution in [0.1, 0.15) is 46.0 Å². The van der Waals surface area contributed by atoms with Gasteiger partial charge in [0.25, 0.3) is 0 Å². The van der Waals surface area contributed by atoms with Crippen LogP contribution in [-0.2, 0) is 4.79 Å². The Balaban J connectivity index is 3.47. The zero-order valence-electron chi connectivity index (χ0n) is 9.70. The van der Waals surface area contributed by atoms with Crippen LogP contribution >= 0.6 is 0 Å². The Bertz CT molecular complexity index is 215. The van der Waals surface area contributed by atoms with Crippen LogP contribution < -0.4 is 5.73 Å². The van der Waals surface area contributed by atoms with E-state index in [1.54, 1.807) is 0 Å². The number of rotatable bonds is 8. The Morgan fingerprint density at radius 1 is 1.47 bits per heavy atom. The van der Waals surface area contributed by atoms with Crippen molar-refractivity contribution in [1.82, 2.24) is 0 Å². The average molecular weight is 214 g/mol. The van der Waals surface area contributed by atoms with E-state index in [1.165, 1.54) is 5.71 Å². The summed E-state index contributed by atoms with van der Waals surface area (Å²) >= 11 is 0. The fourth-order valence-corrected chi connectivity index (χ4v) is 1.31. The highest BCUT2D eigenvalue weighted by atomic mass is 16.4. The zero-order valence-corrected chi connectivity index (χ0v) is 9.70. The van der Waals surface area contributed by atoms with Crippen molar-refractivity contribution < 1.29 is 9.90 Å². The summed E-state index contributed by atoms with van der Waals surface area (Å²) in [4.78, 5) is 14.8. The lowest BCUT2D eigenvalue weighted by molar-refractivity contribution is -0.138. The van der Waals surface area contributed by atoms with Gasteiger partial charge in [-0.2, -0.15) is 0 Å². The maximum Gasteiger partial charge on any atom is 0.320 e. The van der Waals surface area contributed by atoms with E-state index in [-0.39, 0.29) is 0 Å². The molecule has 0 aliphatic heterocycles. The third-order valence-corrected chi connectivity index (χ3v) is 2.23. The Hall–Kier alpha value is -0.900. The predicted octanol–water partition coefficient (Wildman–Crippen LogP) is 1.83. The van der Waals surface area contributed by atoms with Crippen molar-refractivity contribution in [1.29, 1.82) is 0 Å². The third-order valence-electron chi connectivity index (χ3n) is 2.23. The number of carbonyl (C=O) groups is 1. The first kappa shape index (κ1) is 14.1. The number of aliphatic imine (C=N–C) groups is 1. The molecule has 0 heterocycles. The molecule has 0 saturated carbocycles. The molecule has 88 valence electrons. The van der Waals surface area contributed by atoms with Crippen molar-refractivity contribution in [2.75, 3.05) is 6.54 Å². The molecule has 3 N–H and O–H groups in total. The minimum atomic E-state index is -0.916. The van der Waals surface area contributed by atoms with Gasteiger partial charge in [0.1, 0.15) is 6.04 Å². The molecule has 0 rings (SSSR count). The van der Waals surface area contributed by atoms with Crippen molar-refractivity contribution >= 4 is 11.7 Å². The number of hydrogen-bond acceptors (Lipinski definition) is 3. The quantitative estimate of drug-likeness (QED) is 0.478. The molecule has 0 spiro atoms. The number of hydrogen-bond donors (Lipinski definition) is 2. The van der Waals surface area contributed by atoms with E-state index in [0.29, 0.717) is 6.42 Å². The van der Waals surface area contributed by atoms with Gasteiger partial charge in [-0.15, -0.1) is 0 Å². The number of aliphatic carboxylic acids is 1. The third kappa shape index (κ3) is 8.12. The Kier molecular flexibility index (Phi) is 7.91. The molecular formula is C11H22N2O2. The summed E-state index contributed by atoms with van der Waals surface area (Å²) in [7, 11) is 0. The second kappa shape index (κ2) is 8.41. The number of unbranched alkanes of at least 4 members (excludes halogenated alkanes) is 1. The predicted molar refractivity (Wildman–Crippen MR) is 62.3 cm³/mol. The van der Waals surface area contributed by atoms with E-state index in [4.69, 9.17) is 10.8 Å². The van der Waals surface area contributed by atoms with Gasteiger partial charge in [-0.3, -0.25) is 9.79 Å². The molecular weight excluding hydrogens is 192 g/mol. The maximum absolute atomic E-state index is 10.4. The summed E-state index contributed by atoms with van der Waals surface area (Å²) < 4.78 is 0. The minimum Gasteiger partial charge on any atom is -0.480 e. The smallest absolute Gasteiger partial charge is 0.320 e. The van der Waals surface area contributed by atoms with E-state index >= 15 is 0 Å². The largest absolute Gasteiger partial charge is 0.480 e.